The van der Waals surface area contributed by atoms with Crippen molar-refractivity contribution in [2.24, 2.45) is 10.8 Å². The maximum atomic E-state index is 5.44. The Kier molecular flexibility index (Phi) is 3.10. The lowest BCUT2D eigenvalue weighted by Crippen LogP contribution is -2.36. The fraction of sp³-hybridized carbons (Fsp3) is 0.417. The molecule has 0 aliphatic heterocycles. The van der Waals surface area contributed by atoms with Crippen molar-refractivity contribution in [1.29, 1.82) is 0 Å². The number of hydrazine groups is 1. The minimum Gasteiger partial charge on any atom is -0.325 e. The van der Waals surface area contributed by atoms with Gasteiger partial charge in [-0.25, -0.2) is 10.8 Å². The third-order valence-corrected chi connectivity index (χ3v) is 2.64. The number of hydrogen-bond donors (Lipinski definition) is 3. The fourth-order valence-electron chi connectivity index (χ4n) is 1.49. The van der Waals surface area contributed by atoms with Crippen LogP contribution in [0.1, 0.15) is 24.0 Å². The summed E-state index contributed by atoms with van der Waals surface area (Å²) in [6.45, 7) is 4.13. The van der Waals surface area contributed by atoms with E-state index in [9.17, 15) is 0 Å². The summed E-state index contributed by atoms with van der Waals surface area (Å²) < 4.78 is 0. The van der Waals surface area contributed by atoms with Gasteiger partial charge in [-0.1, -0.05) is 12.1 Å². The van der Waals surface area contributed by atoms with Crippen LogP contribution in [0.25, 0.3) is 0 Å². The summed E-state index contributed by atoms with van der Waals surface area (Å²) in [5, 5.41) is 3.22. The number of nitrogens with two attached hydrogens (primary N) is 1. The lowest BCUT2D eigenvalue weighted by Gasteiger charge is -2.12. The van der Waals surface area contributed by atoms with E-state index in [4.69, 9.17) is 5.84 Å². The summed E-state index contributed by atoms with van der Waals surface area (Å²) >= 11 is 0. The molecule has 1 aliphatic carbocycles. The summed E-state index contributed by atoms with van der Waals surface area (Å²) in [6, 6.07) is 6.72. The molecule has 0 radical (unpaired) electrons. The molecule has 1 fully saturated rings. The minimum absolute atomic E-state index is 0.448. The number of rotatable bonds is 2. The summed E-state index contributed by atoms with van der Waals surface area (Å²) in [5.74, 6) is 6.09. The highest BCUT2D eigenvalue weighted by Crippen LogP contribution is 2.24. The monoisotopic (exact) mass is 218 g/mol. The standard InChI is InChI=1S/C12H18N4/c1-8-3-4-9(2)11(7-8)15-12(16-13)14-10-5-6-10/h3-4,7,10H,5-6,13H2,1-2H3,(H2,14,15,16). The molecule has 0 amide bonds. The number of nitrogens with zero attached hydrogens (tertiary/aromatic N) is 1. The average Bonchev–Trinajstić information content (AvgIpc) is 3.06. The van der Waals surface area contributed by atoms with Gasteiger partial charge in [0.2, 0.25) is 5.96 Å². The Hall–Kier alpha value is -1.55. The van der Waals surface area contributed by atoms with Crippen molar-refractivity contribution in [2.75, 3.05) is 5.32 Å². The van der Waals surface area contributed by atoms with Gasteiger partial charge in [0.05, 0.1) is 6.04 Å². The number of nitrogens with one attached hydrogen (secondary N) is 2. The first kappa shape index (κ1) is 11.0. The molecule has 4 nitrogen and oxygen atoms in total. The van der Waals surface area contributed by atoms with E-state index in [1.165, 1.54) is 24.0 Å². The fourth-order valence-corrected chi connectivity index (χ4v) is 1.49. The summed E-state index contributed by atoms with van der Waals surface area (Å²) in [7, 11) is 0. The van der Waals surface area contributed by atoms with Crippen molar-refractivity contribution in [3.05, 3.63) is 29.3 Å². The van der Waals surface area contributed by atoms with Crippen LogP contribution in [0.3, 0.4) is 0 Å². The predicted octanol–water partition coefficient (Wildman–Crippen LogP) is 1.70. The second-order valence-corrected chi connectivity index (χ2v) is 4.30. The lowest BCUT2D eigenvalue weighted by atomic mass is 10.1. The molecule has 16 heavy (non-hydrogen) atoms. The van der Waals surface area contributed by atoms with E-state index < -0.39 is 0 Å². The molecular formula is C12H18N4. The third kappa shape index (κ3) is 2.73. The van der Waals surface area contributed by atoms with Gasteiger partial charge in [0.1, 0.15) is 0 Å². The quantitative estimate of drug-likeness (QED) is 0.306. The number of hydrogen-bond acceptors (Lipinski definition) is 2. The molecule has 1 saturated carbocycles. The molecule has 0 heterocycles. The zero-order valence-corrected chi connectivity index (χ0v) is 9.75. The molecule has 0 bridgehead atoms. The third-order valence-electron chi connectivity index (χ3n) is 2.64. The number of anilines is 1. The highest BCUT2D eigenvalue weighted by atomic mass is 15.3. The molecule has 2 rings (SSSR count). The number of aliphatic imine (C=N–C) groups is 1. The van der Waals surface area contributed by atoms with Crippen LogP contribution in [0.2, 0.25) is 0 Å². The first-order valence-corrected chi connectivity index (χ1v) is 5.58. The minimum atomic E-state index is 0.448. The smallest absolute Gasteiger partial charge is 0.210 e. The van der Waals surface area contributed by atoms with Crippen LogP contribution in [-0.2, 0) is 0 Å². The van der Waals surface area contributed by atoms with Crippen LogP contribution in [0, 0.1) is 13.8 Å². The van der Waals surface area contributed by atoms with E-state index >= 15 is 0 Å². The first-order valence-electron chi connectivity index (χ1n) is 5.58. The van der Waals surface area contributed by atoms with E-state index in [1.54, 1.807) is 0 Å². The molecule has 0 spiro atoms. The van der Waals surface area contributed by atoms with Crippen LogP contribution in [0.15, 0.2) is 23.2 Å². The molecule has 1 aromatic carbocycles. The number of benzene rings is 1. The summed E-state index contributed by atoms with van der Waals surface area (Å²) in [6.07, 6.45) is 2.33. The molecule has 1 aromatic rings. The van der Waals surface area contributed by atoms with Crippen molar-refractivity contribution in [1.82, 2.24) is 5.43 Å². The predicted molar refractivity (Wildman–Crippen MR) is 67.3 cm³/mol. The van der Waals surface area contributed by atoms with Gasteiger partial charge >= 0.3 is 0 Å². The SMILES string of the molecule is Cc1ccc(C)c(NC(=NC2CC2)NN)c1. The first-order chi connectivity index (χ1) is 7.69. The van der Waals surface area contributed by atoms with Gasteiger partial charge < -0.3 is 5.32 Å². The van der Waals surface area contributed by atoms with E-state index in [0.29, 0.717) is 12.0 Å². The van der Waals surface area contributed by atoms with Gasteiger partial charge in [-0.05, 0) is 43.9 Å². The van der Waals surface area contributed by atoms with Gasteiger partial charge in [-0.3, -0.25) is 5.43 Å². The Morgan fingerprint density at radius 1 is 1.38 bits per heavy atom. The molecule has 0 aromatic heterocycles. The normalized spacial score (nSPS) is 16.1. The molecule has 0 saturated heterocycles. The van der Waals surface area contributed by atoms with Gasteiger partial charge in [0, 0.05) is 5.69 Å². The Morgan fingerprint density at radius 3 is 2.75 bits per heavy atom. The van der Waals surface area contributed by atoms with Crippen molar-refractivity contribution in [3.8, 4) is 0 Å². The zero-order chi connectivity index (χ0) is 11.5. The highest BCUT2D eigenvalue weighted by molar-refractivity contribution is 5.94. The summed E-state index contributed by atoms with van der Waals surface area (Å²) in [4.78, 5) is 4.44. The summed E-state index contributed by atoms with van der Waals surface area (Å²) in [5.41, 5.74) is 6.06. The highest BCUT2D eigenvalue weighted by Gasteiger charge is 2.21. The van der Waals surface area contributed by atoms with Crippen molar-refractivity contribution in [3.63, 3.8) is 0 Å². The second-order valence-electron chi connectivity index (χ2n) is 4.30. The van der Waals surface area contributed by atoms with Crippen molar-refractivity contribution >= 4 is 11.6 Å². The van der Waals surface area contributed by atoms with Crippen molar-refractivity contribution in [2.45, 2.75) is 32.7 Å². The van der Waals surface area contributed by atoms with E-state index in [2.05, 4.69) is 47.8 Å². The largest absolute Gasteiger partial charge is 0.325 e. The number of aryl methyl sites for hydroxylation is 2. The average molecular weight is 218 g/mol. The maximum absolute atomic E-state index is 5.44. The van der Waals surface area contributed by atoms with E-state index in [1.807, 2.05) is 0 Å². The molecular weight excluding hydrogens is 200 g/mol. The van der Waals surface area contributed by atoms with Crippen LogP contribution in [0.4, 0.5) is 5.69 Å². The van der Waals surface area contributed by atoms with Gasteiger partial charge in [0.15, 0.2) is 0 Å². The molecule has 1 aliphatic rings. The van der Waals surface area contributed by atoms with Crippen LogP contribution < -0.4 is 16.6 Å². The molecule has 4 heteroatoms. The second kappa shape index (κ2) is 4.53. The molecule has 86 valence electrons. The van der Waals surface area contributed by atoms with Crippen LogP contribution in [0.5, 0.6) is 0 Å². The molecule has 4 N–H and O–H groups in total. The van der Waals surface area contributed by atoms with E-state index in [0.717, 1.165) is 5.69 Å². The van der Waals surface area contributed by atoms with E-state index in [-0.39, 0.29) is 0 Å². The maximum Gasteiger partial charge on any atom is 0.210 e. The number of guanidine groups is 1. The van der Waals surface area contributed by atoms with Gasteiger partial charge in [-0.2, -0.15) is 0 Å². The van der Waals surface area contributed by atoms with Crippen molar-refractivity contribution < 1.29 is 0 Å². The van der Waals surface area contributed by atoms with Gasteiger partial charge in [0.25, 0.3) is 0 Å². The Labute approximate surface area is 95.9 Å². The lowest BCUT2D eigenvalue weighted by molar-refractivity contribution is 0.965. The Balaban J connectivity index is 2.14. The Bertz CT molecular complexity index is 407. The van der Waals surface area contributed by atoms with Crippen LogP contribution in [-0.4, -0.2) is 12.0 Å². The topological polar surface area (TPSA) is 62.4 Å². The molecule has 0 unspecified atom stereocenters. The molecule has 0 atom stereocenters. The Morgan fingerprint density at radius 2 is 2.12 bits per heavy atom. The van der Waals surface area contributed by atoms with Crippen LogP contribution >= 0.6 is 0 Å². The zero-order valence-electron chi connectivity index (χ0n) is 9.75. The van der Waals surface area contributed by atoms with Gasteiger partial charge in [-0.15, -0.1) is 0 Å².